The van der Waals surface area contributed by atoms with E-state index in [-0.39, 0.29) is 5.91 Å². The number of aromatic hydroxyl groups is 1. The van der Waals surface area contributed by atoms with Crippen LogP contribution in [0.3, 0.4) is 0 Å². The van der Waals surface area contributed by atoms with Gasteiger partial charge in [-0.3, -0.25) is 4.79 Å². The SMILES string of the molecule is Cn1cnnc1CCC(=O)N1CCCC[C@@H]1CCc1ccc(O)cc1. The van der Waals surface area contributed by atoms with E-state index in [0.717, 1.165) is 38.1 Å². The topological polar surface area (TPSA) is 71.2 Å². The number of carbonyl (C=O) groups excluding carboxylic acids is 1. The first-order valence-corrected chi connectivity index (χ1v) is 9.04. The summed E-state index contributed by atoms with van der Waals surface area (Å²) in [5.41, 5.74) is 1.20. The largest absolute Gasteiger partial charge is 0.508 e. The molecule has 3 rings (SSSR count). The molecule has 0 bridgehead atoms. The van der Waals surface area contributed by atoms with Crippen molar-refractivity contribution in [3.8, 4) is 5.75 Å². The maximum Gasteiger partial charge on any atom is 0.223 e. The maximum absolute atomic E-state index is 12.7. The number of phenols is 1. The normalized spacial score (nSPS) is 17.6. The van der Waals surface area contributed by atoms with Gasteiger partial charge in [-0.05, 0) is 49.8 Å². The van der Waals surface area contributed by atoms with Crippen molar-refractivity contribution < 1.29 is 9.90 Å². The molecule has 2 heterocycles. The molecule has 0 saturated carbocycles. The lowest BCUT2D eigenvalue weighted by molar-refractivity contribution is -0.135. The zero-order valence-corrected chi connectivity index (χ0v) is 14.8. The maximum atomic E-state index is 12.7. The Bertz CT molecular complexity index is 696. The molecule has 0 radical (unpaired) electrons. The molecule has 0 aliphatic carbocycles. The molecule has 1 N–H and O–H groups in total. The number of phenolic OH excluding ortho intramolecular Hbond substituents is 1. The van der Waals surface area contributed by atoms with Gasteiger partial charge in [0, 0.05) is 32.5 Å². The summed E-state index contributed by atoms with van der Waals surface area (Å²) >= 11 is 0. The van der Waals surface area contributed by atoms with Gasteiger partial charge in [0.2, 0.25) is 5.91 Å². The summed E-state index contributed by atoms with van der Waals surface area (Å²) in [6, 6.07) is 7.67. The molecule has 0 spiro atoms. The number of amides is 1. The van der Waals surface area contributed by atoms with Gasteiger partial charge in [-0.2, -0.15) is 0 Å². The van der Waals surface area contributed by atoms with Crippen LogP contribution >= 0.6 is 0 Å². The molecule has 6 heteroatoms. The lowest BCUT2D eigenvalue weighted by atomic mass is 9.95. The Morgan fingerprint density at radius 1 is 1.24 bits per heavy atom. The second-order valence-electron chi connectivity index (χ2n) is 6.80. The van der Waals surface area contributed by atoms with E-state index in [0.29, 0.717) is 24.6 Å². The number of carbonyl (C=O) groups is 1. The fraction of sp³-hybridized carbons (Fsp3) is 0.526. The van der Waals surface area contributed by atoms with Gasteiger partial charge in [0.25, 0.3) is 0 Å². The van der Waals surface area contributed by atoms with Crippen LogP contribution < -0.4 is 0 Å². The van der Waals surface area contributed by atoms with Crippen LogP contribution in [-0.2, 0) is 24.7 Å². The van der Waals surface area contributed by atoms with E-state index in [4.69, 9.17) is 0 Å². The molecule has 1 atom stereocenters. The first-order valence-electron chi connectivity index (χ1n) is 9.04. The Morgan fingerprint density at radius 2 is 2.04 bits per heavy atom. The molecule has 6 nitrogen and oxygen atoms in total. The van der Waals surface area contributed by atoms with E-state index in [2.05, 4.69) is 15.1 Å². The number of piperidine rings is 1. The van der Waals surface area contributed by atoms with Crippen molar-refractivity contribution in [2.45, 2.75) is 51.0 Å². The fourth-order valence-electron chi connectivity index (χ4n) is 3.52. The number of nitrogens with zero attached hydrogens (tertiary/aromatic N) is 4. The van der Waals surface area contributed by atoms with Gasteiger partial charge in [0.1, 0.15) is 17.9 Å². The highest BCUT2D eigenvalue weighted by Gasteiger charge is 2.26. The van der Waals surface area contributed by atoms with Crippen molar-refractivity contribution in [1.29, 1.82) is 0 Å². The summed E-state index contributed by atoms with van der Waals surface area (Å²) < 4.78 is 1.87. The minimum atomic E-state index is 0.221. The quantitative estimate of drug-likeness (QED) is 0.875. The van der Waals surface area contributed by atoms with Gasteiger partial charge in [-0.1, -0.05) is 12.1 Å². The fourth-order valence-corrected chi connectivity index (χ4v) is 3.52. The van der Waals surface area contributed by atoms with E-state index < -0.39 is 0 Å². The minimum Gasteiger partial charge on any atom is -0.508 e. The van der Waals surface area contributed by atoms with Gasteiger partial charge in [-0.25, -0.2) is 0 Å². The number of hydrogen-bond acceptors (Lipinski definition) is 4. The summed E-state index contributed by atoms with van der Waals surface area (Å²) in [5, 5.41) is 17.3. The Morgan fingerprint density at radius 3 is 2.76 bits per heavy atom. The van der Waals surface area contributed by atoms with Crippen molar-refractivity contribution in [1.82, 2.24) is 19.7 Å². The molecule has 25 heavy (non-hydrogen) atoms. The minimum absolute atomic E-state index is 0.221. The van der Waals surface area contributed by atoms with E-state index in [1.807, 2.05) is 23.7 Å². The van der Waals surface area contributed by atoms with Crippen molar-refractivity contribution in [3.05, 3.63) is 42.0 Å². The first-order chi connectivity index (χ1) is 12.1. The van der Waals surface area contributed by atoms with Gasteiger partial charge in [0.15, 0.2) is 0 Å². The summed E-state index contributed by atoms with van der Waals surface area (Å²) in [7, 11) is 1.90. The van der Waals surface area contributed by atoms with Crippen molar-refractivity contribution in [2.24, 2.45) is 7.05 Å². The molecule has 1 aromatic heterocycles. The highest BCUT2D eigenvalue weighted by atomic mass is 16.3. The smallest absolute Gasteiger partial charge is 0.223 e. The average Bonchev–Trinajstić information content (AvgIpc) is 3.04. The summed E-state index contributed by atoms with van der Waals surface area (Å²) in [6.45, 7) is 0.859. The lowest BCUT2D eigenvalue weighted by Gasteiger charge is -2.36. The molecule has 1 fully saturated rings. The van der Waals surface area contributed by atoms with Crippen LogP contribution in [0.15, 0.2) is 30.6 Å². The molecule has 1 amide bonds. The number of aryl methyl sites for hydroxylation is 3. The Kier molecular flexibility index (Phi) is 5.68. The number of aromatic nitrogens is 3. The number of likely N-dealkylation sites (tertiary alicyclic amines) is 1. The van der Waals surface area contributed by atoms with Crippen molar-refractivity contribution in [3.63, 3.8) is 0 Å². The van der Waals surface area contributed by atoms with Crippen molar-refractivity contribution >= 4 is 5.91 Å². The molecular weight excluding hydrogens is 316 g/mol. The zero-order valence-electron chi connectivity index (χ0n) is 14.8. The molecule has 1 aliphatic heterocycles. The second kappa shape index (κ2) is 8.14. The van der Waals surface area contributed by atoms with E-state index in [1.165, 1.54) is 12.0 Å². The van der Waals surface area contributed by atoms with Gasteiger partial charge in [0.05, 0.1) is 0 Å². The highest BCUT2D eigenvalue weighted by molar-refractivity contribution is 5.76. The molecule has 134 valence electrons. The van der Waals surface area contributed by atoms with Crippen LogP contribution in [0.5, 0.6) is 5.75 Å². The molecule has 1 aliphatic rings. The molecule has 0 unspecified atom stereocenters. The monoisotopic (exact) mass is 342 g/mol. The van der Waals surface area contributed by atoms with Crippen LogP contribution in [0.1, 0.15) is 43.5 Å². The van der Waals surface area contributed by atoms with Gasteiger partial charge < -0.3 is 14.6 Å². The standard InChI is InChI=1S/C19H26N4O2/c1-22-14-20-21-18(22)11-12-19(25)23-13-3-2-4-16(23)8-5-15-6-9-17(24)10-7-15/h6-7,9-10,14,16,24H,2-5,8,11-13H2,1H3/t16-/m1/s1. The third-order valence-electron chi connectivity index (χ3n) is 5.02. The summed E-state index contributed by atoms with van der Waals surface area (Å²) in [4.78, 5) is 14.8. The Hall–Kier alpha value is -2.37. The van der Waals surface area contributed by atoms with Crippen LogP contribution in [-0.4, -0.2) is 43.3 Å². The van der Waals surface area contributed by atoms with Crippen LogP contribution in [0.2, 0.25) is 0 Å². The van der Waals surface area contributed by atoms with Crippen LogP contribution in [0.25, 0.3) is 0 Å². The Balaban J connectivity index is 1.55. The first kappa shape index (κ1) is 17.5. The molecule has 2 aromatic rings. The highest BCUT2D eigenvalue weighted by Crippen LogP contribution is 2.23. The molecule has 1 aromatic carbocycles. The zero-order chi connectivity index (χ0) is 17.6. The van der Waals surface area contributed by atoms with Gasteiger partial charge in [-0.15, -0.1) is 10.2 Å². The lowest BCUT2D eigenvalue weighted by Crippen LogP contribution is -2.44. The average molecular weight is 342 g/mol. The van der Waals surface area contributed by atoms with Gasteiger partial charge >= 0.3 is 0 Å². The van der Waals surface area contributed by atoms with Crippen molar-refractivity contribution in [2.75, 3.05) is 6.54 Å². The summed E-state index contributed by atoms with van der Waals surface area (Å²) in [6.07, 6.45) is 8.05. The number of rotatable bonds is 6. The van der Waals surface area contributed by atoms with E-state index in [9.17, 15) is 9.90 Å². The number of hydrogen-bond donors (Lipinski definition) is 1. The predicted molar refractivity (Wildman–Crippen MR) is 95.1 cm³/mol. The summed E-state index contributed by atoms with van der Waals surface area (Å²) in [5.74, 6) is 1.37. The second-order valence-corrected chi connectivity index (χ2v) is 6.80. The Labute approximate surface area is 148 Å². The van der Waals surface area contributed by atoms with E-state index in [1.54, 1.807) is 18.5 Å². The molecular formula is C19H26N4O2. The van der Waals surface area contributed by atoms with E-state index >= 15 is 0 Å². The predicted octanol–water partition coefficient (Wildman–Crippen LogP) is 2.47. The van der Waals surface area contributed by atoms with Crippen LogP contribution in [0.4, 0.5) is 0 Å². The molecule has 1 saturated heterocycles. The number of benzene rings is 1. The third-order valence-corrected chi connectivity index (χ3v) is 5.02. The third kappa shape index (κ3) is 4.59. The van der Waals surface area contributed by atoms with Crippen LogP contribution in [0, 0.1) is 0 Å².